The molecule has 0 radical (unpaired) electrons. The minimum absolute atomic E-state index is 0.105. The quantitative estimate of drug-likeness (QED) is 0.193. The van der Waals surface area contributed by atoms with Gasteiger partial charge in [0.2, 0.25) is 11.7 Å². The van der Waals surface area contributed by atoms with Crippen LogP contribution in [0.25, 0.3) is 21.9 Å². The number of benzene rings is 2. The number of hydrogen-bond donors (Lipinski definition) is 6. The molecule has 38 heavy (non-hydrogen) atoms. The van der Waals surface area contributed by atoms with E-state index in [0.717, 1.165) is 0 Å². The van der Waals surface area contributed by atoms with E-state index in [2.05, 4.69) is 0 Å². The molecule has 2 aliphatic heterocycles. The lowest BCUT2D eigenvalue weighted by Crippen LogP contribution is -2.60. The van der Waals surface area contributed by atoms with Gasteiger partial charge in [-0.1, -0.05) is 6.07 Å². The van der Waals surface area contributed by atoms with E-state index in [9.17, 15) is 35.4 Å². The van der Waals surface area contributed by atoms with Crippen LogP contribution in [0.1, 0.15) is 0 Å². The van der Waals surface area contributed by atoms with Crippen LogP contribution in [0.15, 0.2) is 45.6 Å². The van der Waals surface area contributed by atoms with Gasteiger partial charge >= 0.3 is 0 Å². The van der Waals surface area contributed by atoms with Crippen LogP contribution in [0.2, 0.25) is 0 Å². The minimum Gasteiger partial charge on any atom is -0.496 e. The van der Waals surface area contributed by atoms with Crippen molar-refractivity contribution >= 4 is 21.9 Å². The minimum atomic E-state index is -1.91. The Morgan fingerprint density at radius 2 is 1.82 bits per heavy atom. The molecule has 8 atom stereocenters. The summed E-state index contributed by atoms with van der Waals surface area (Å²) in [4.78, 5) is 13.2. The fraction of sp³-hybridized carbons (Fsp3) is 0.480. The van der Waals surface area contributed by atoms with Gasteiger partial charge in [-0.05, 0) is 30.3 Å². The summed E-state index contributed by atoms with van der Waals surface area (Å²) in [6, 6.07) is 9.35. The van der Waals surface area contributed by atoms with Crippen LogP contribution in [0.3, 0.4) is 0 Å². The maximum absolute atomic E-state index is 13.2. The highest BCUT2D eigenvalue weighted by Gasteiger charge is 2.50. The Morgan fingerprint density at radius 1 is 1.03 bits per heavy atom. The molecule has 206 valence electrons. The lowest BCUT2D eigenvalue weighted by atomic mass is 9.99. The zero-order valence-electron chi connectivity index (χ0n) is 20.2. The molecule has 3 aromatic rings. The molecule has 5 rings (SSSR count). The summed E-state index contributed by atoms with van der Waals surface area (Å²) >= 11 is 0. The Morgan fingerprint density at radius 3 is 2.53 bits per heavy atom. The number of hydrogen-bond acceptors (Lipinski definition) is 13. The highest BCUT2D eigenvalue weighted by atomic mass is 16.7. The number of rotatable bonds is 7. The molecule has 0 aliphatic carbocycles. The van der Waals surface area contributed by atoms with Gasteiger partial charge in [0, 0.05) is 0 Å². The normalized spacial score (nSPS) is 33.6. The molecule has 2 aromatic carbocycles. The van der Waals surface area contributed by atoms with Crippen molar-refractivity contribution in [3.8, 4) is 11.5 Å². The van der Waals surface area contributed by atoms with E-state index < -0.39 is 61.9 Å². The van der Waals surface area contributed by atoms with Gasteiger partial charge in [0.1, 0.15) is 64.2 Å². The highest BCUT2D eigenvalue weighted by molar-refractivity contribution is 5.93. The van der Waals surface area contributed by atoms with Crippen molar-refractivity contribution < 1.29 is 58.7 Å². The molecule has 1 aromatic heterocycles. The molecule has 0 amide bonds. The van der Waals surface area contributed by atoms with Crippen LogP contribution in [-0.2, 0) is 14.2 Å². The third kappa shape index (κ3) is 4.62. The summed E-state index contributed by atoms with van der Waals surface area (Å²) in [5, 5.41) is 61.1. The number of aliphatic hydroxyl groups is 6. The second-order valence-electron chi connectivity index (χ2n) is 9.27. The Balaban J connectivity index is 1.35. The molecule has 2 fully saturated rings. The number of methoxy groups -OCH3 is 1. The van der Waals surface area contributed by atoms with E-state index in [1.165, 1.54) is 25.3 Å². The average Bonchev–Trinajstić information content (AvgIpc) is 3.21. The fourth-order valence-electron chi connectivity index (χ4n) is 4.50. The predicted molar refractivity (Wildman–Crippen MR) is 128 cm³/mol. The highest BCUT2D eigenvalue weighted by Crippen LogP contribution is 2.31. The van der Waals surface area contributed by atoms with Gasteiger partial charge in [0.25, 0.3) is 0 Å². The Labute approximate surface area is 214 Å². The Hall–Kier alpha value is -2.85. The Kier molecular flexibility index (Phi) is 7.30. The lowest BCUT2D eigenvalue weighted by Gasteiger charge is -2.40. The SMILES string of the molecule is COc1cccc2oc3ccc(O[C@H]4O[C@@H](CO[C@H]5OC[C@](O)(CO)[C@@H]5O)[C@H](O)[C@@H](O)[C@@H]4O)cc3c(=O)c12. The molecule has 0 bridgehead atoms. The van der Waals surface area contributed by atoms with Crippen LogP contribution in [-0.4, -0.2) is 106 Å². The molecule has 13 heteroatoms. The molecule has 2 saturated heterocycles. The van der Waals surface area contributed by atoms with E-state index >= 15 is 0 Å². The summed E-state index contributed by atoms with van der Waals surface area (Å²) in [5.41, 5.74) is -1.65. The second-order valence-corrected chi connectivity index (χ2v) is 9.27. The molecule has 13 nitrogen and oxygen atoms in total. The zero-order valence-corrected chi connectivity index (χ0v) is 20.2. The van der Waals surface area contributed by atoms with Crippen LogP contribution >= 0.6 is 0 Å². The van der Waals surface area contributed by atoms with Crippen molar-refractivity contribution in [1.82, 2.24) is 0 Å². The number of fused-ring (bicyclic) bond motifs is 2. The predicted octanol–water partition coefficient (Wildman–Crippen LogP) is -1.40. The van der Waals surface area contributed by atoms with Gasteiger partial charge in [-0.15, -0.1) is 0 Å². The molecule has 3 heterocycles. The van der Waals surface area contributed by atoms with E-state index in [1.54, 1.807) is 18.2 Å². The maximum atomic E-state index is 13.2. The van der Waals surface area contributed by atoms with E-state index in [-0.39, 0.29) is 34.1 Å². The second kappa shape index (κ2) is 10.4. The standard InChI is InChI=1S/C25H28O13/c1-33-14-3-2-4-15-17(14)18(27)12-7-11(5-6-13(12)37-15)36-23-21(30)20(29)19(28)16(38-23)8-34-24-22(31)25(32,9-26)10-35-24/h2-7,16,19-24,26,28-32H,8-10H2,1H3/t16-,19-,20+,21-,22+,23-,24-,25+/m0/s1. The first-order valence-corrected chi connectivity index (χ1v) is 11.8. The lowest BCUT2D eigenvalue weighted by molar-refractivity contribution is -0.289. The van der Waals surface area contributed by atoms with Gasteiger partial charge < -0.3 is 58.7 Å². The van der Waals surface area contributed by atoms with Crippen molar-refractivity contribution in [3.05, 3.63) is 46.6 Å². The molecule has 0 unspecified atom stereocenters. The smallest absolute Gasteiger partial charge is 0.229 e. The van der Waals surface area contributed by atoms with Gasteiger partial charge in [0.15, 0.2) is 6.29 Å². The first kappa shape index (κ1) is 26.7. The summed E-state index contributed by atoms with van der Waals surface area (Å²) < 4.78 is 33.0. The van der Waals surface area contributed by atoms with Gasteiger partial charge in [-0.2, -0.15) is 0 Å². The molecular weight excluding hydrogens is 508 g/mol. The van der Waals surface area contributed by atoms with E-state index in [4.69, 9.17) is 28.1 Å². The van der Waals surface area contributed by atoms with Crippen molar-refractivity contribution in [2.45, 2.75) is 48.7 Å². The summed E-state index contributed by atoms with van der Waals surface area (Å²) in [7, 11) is 1.44. The first-order chi connectivity index (χ1) is 18.2. The van der Waals surface area contributed by atoms with Crippen molar-refractivity contribution in [2.75, 3.05) is 26.9 Å². The average molecular weight is 536 g/mol. The van der Waals surface area contributed by atoms with E-state index in [1.807, 2.05) is 0 Å². The van der Waals surface area contributed by atoms with Crippen molar-refractivity contribution in [1.29, 1.82) is 0 Å². The zero-order chi connectivity index (χ0) is 27.2. The van der Waals surface area contributed by atoms with Crippen molar-refractivity contribution in [2.24, 2.45) is 0 Å². The summed E-state index contributed by atoms with van der Waals surface area (Å²) in [6.07, 6.45) is -10.6. The fourth-order valence-corrected chi connectivity index (χ4v) is 4.50. The first-order valence-electron chi connectivity index (χ1n) is 11.8. The Bertz CT molecular complexity index is 1360. The number of ether oxygens (including phenoxy) is 5. The summed E-state index contributed by atoms with van der Waals surface area (Å²) in [6.45, 7) is -1.57. The van der Waals surface area contributed by atoms with Crippen LogP contribution in [0, 0.1) is 0 Å². The van der Waals surface area contributed by atoms with Crippen molar-refractivity contribution in [3.63, 3.8) is 0 Å². The summed E-state index contributed by atoms with van der Waals surface area (Å²) in [5.74, 6) is 0.443. The van der Waals surface area contributed by atoms with E-state index in [0.29, 0.717) is 11.3 Å². The third-order valence-electron chi connectivity index (χ3n) is 6.78. The monoisotopic (exact) mass is 536 g/mol. The van der Waals surface area contributed by atoms with Gasteiger partial charge in [-0.25, -0.2) is 0 Å². The number of aliphatic hydroxyl groups excluding tert-OH is 5. The molecule has 6 N–H and O–H groups in total. The largest absolute Gasteiger partial charge is 0.496 e. The molecular formula is C25H28O13. The van der Waals surface area contributed by atoms with Crippen LogP contribution in [0.5, 0.6) is 11.5 Å². The molecule has 2 aliphatic rings. The maximum Gasteiger partial charge on any atom is 0.229 e. The van der Waals surface area contributed by atoms with Gasteiger partial charge in [-0.3, -0.25) is 4.79 Å². The molecule has 0 spiro atoms. The van der Waals surface area contributed by atoms with Crippen LogP contribution < -0.4 is 14.9 Å². The van der Waals surface area contributed by atoms with Crippen LogP contribution in [0.4, 0.5) is 0 Å². The molecule has 0 saturated carbocycles. The topological polar surface area (TPSA) is 198 Å². The van der Waals surface area contributed by atoms with Gasteiger partial charge in [0.05, 0.1) is 32.3 Å². The third-order valence-corrected chi connectivity index (χ3v) is 6.78.